The maximum Gasteiger partial charge on any atom is 0.0781 e. The summed E-state index contributed by atoms with van der Waals surface area (Å²) >= 11 is 0. The average Bonchev–Trinajstić information content (AvgIpc) is 2.87. The number of unbranched alkanes of at least 4 members (excludes halogenated alkanes) is 7. The van der Waals surface area contributed by atoms with Crippen LogP contribution in [-0.4, -0.2) is 41.1 Å². The molecule has 1 heterocycles. The largest absolute Gasteiger partial charge is 0.300 e. The second-order valence-electron chi connectivity index (χ2n) is 10.7. The smallest absolute Gasteiger partial charge is 0.0781 e. The summed E-state index contributed by atoms with van der Waals surface area (Å²) < 4.78 is 0. The molecule has 0 spiro atoms. The van der Waals surface area contributed by atoms with Crippen molar-refractivity contribution in [3.05, 3.63) is 71.8 Å². The van der Waals surface area contributed by atoms with Crippen LogP contribution in [0, 0.1) is 0 Å². The molecule has 3 heteroatoms. The number of hydrogen-bond donors (Lipinski definition) is 1. The average molecular weight is 464 g/mol. The van der Waals surface area contributed by atoms with Gasteiger partial charge in [0.1, 0.15) is 0 Å². The first-order valence-corrected chi connectivity index (χ1v) is 13.9. The van der Waals surface area contributed by atoms with Crippen molar-refractivity contribution >= 4 is 0 Å². The van der Waals surface area contributed by atoms with Crippen LogP contribution in [0.1, 0.15) is 89.7 Å². The maximum absolute atomic E-state index is 3.92. The molecule has 0 bridgehead atoms. The van der Waals surface area contributed by atoms with Crippen LogP contribution in [0.15, 0.2) is 60.7 Å². The van der Waals surface area contributed by atoms with Gasteiger partial charge in [-0.3, -0.25) is 9.80 Å². The maximum atomic E-state index is 3.92. The third-order valence-corrected chi connectivity index (χ3v) is 7.54. The number of nitrogens with one attached hydrogen (secondary N) is 1. The van der Waals surface area contributed by atoms with Crippen LogP contribution in [-0.2, 0) is 13.1 Å². The van der Waals surface area contributed by atoms with Crippen molar-refractivity contribution in [2.45, 2.75) is 103 Å². The molecule has 1 aliphatic heterocycles. The van der Waals surface area contributed by atoms with E-state index in [1.165, 1.54) is 82.0 Å². The summed E-state index contributed by atoms with van der Waals surface area (Å²) in [4.78, 5) is 5.42. The van der Waals surface area contributed by atoms with Gasteiger partial charge >= 0.3 is 0 Å². The second kappa shape index (κ2) is 14.7. The fourth-order valence-electron chi connectivity index (χ4n) is 5.41. The van der Waals surface area contributed by atoms with Crippen LogP contribution in [0.2, 0.25) is 0 Å². The zero-order chi connectivity index (χ0) is 24.1. The Hall–Kier alpha value is -1.68. The van der Waals surface area contributed by atoms with E-state index in [4.69, 9.17) is 0 Å². The Balaban J connectivity index is 1.63. The Bertz CT molecular complexity index is 732. The van der Waals surface area contributed by atoms with E-state index in [-0.39, 0.29) is 5.54 Å². The minimum Gasteiger partial charge on any atom is -0.300 e. The van der Waals surface area contributed by atoms with Crippen molar-refractivity contribution in [3.8, 4) is 0 Å². The predicted molar refractivity (Wildman–Crippen MR) is 147 cm³/mol. The normalized spacial score (nSPS) is 17.4. The van der Waals surface area contributed by atoms with Gasteiger partial charge in [0.2, 0.25) is 0 Å². The van der Waals surface area contributed by atoms with E-state index in [2.05, 4.69) is 96.6 Å². The van der Waals surface area contributed by atoms with Crippen molar-refractivity contribution in [1.82, 2.24) is 15.1 Å². The van der Waals surface area contributed by atoms with Gasteiger partial charge in [0.05, 0.1) is 6.17 Å². The number of hydrogen-bond acceptors (Lipinski definition) is 3. The van der Waals surface area contributed by atoms with Crippen molar-refractivity contribution < 1.29 is 0 Å². The lowest BCUT2D eigenvalue weighted by Gasteiger charge is -2.51. The third-order valence-electron chi connectivity index (χ3n) is 7.54. The number of nitrogens with zero attached hydrogens (tertiary/aromatic N) is 2. The SMILES string of the molecule is CCCCCCCCCCN1CCCNC1C(C)(C)N(Cc1ccccc1)Cc1ccccc1. The fourth-order valence-corrected chi connectivity index (χ4v) is 5.41. The van der Waals surface area contributed by atoms with Gasteiger partial charge in [-0.1, -0.05) is 113 Å². The van der Waals surface area contributed by atoms with E-state index in [1.807, 2.05) is 0 Å². The molecule has 3 nitrogen and oxygen atoms in total. The predicted octanol–water partition coefficient (Wildman–Crippen LogP) is 7.23. The molecule has 2 aromatic carbocycles. The van der Waals surface area contributed by atoms with Gasteiger partial charge in [-0.2, -0.15) is 0 Å². The number of benzene rings is 2. The van der Waals surface area contributed by atoms with E-state index < -0.39 is 0 Å². The topological polar surface area (TPSA) is 18.5 Å². The highest BCUT2D eigenvalue weighted by molar-refractivity contribution is 5.18. The Morgan fingerprint density at radius 3 is 1.88 bits per heavy atom. The highest BCUT2D eigenvalue weighted by atomic mass is 15.4. The molecule has 1 atom stereocenters. The van der Waals surface area contributed by atoms with Crippen LogP contribution in [0.25, 0.3) is 0 Å². The quantitative estimate of drug-likeness (QED) is 0.281. The molecular formula is C31H49N3. The van der Waals surface area contributed by atoms with Gasteiger partial charge in [-0.15, -0.1) is 0 Å². The molecule has 34 heavy (non-hydrogen) atoms. The second-order valence-corrected chi connectivity index (χ2v) is 10.7. The fraction of sp³-hybridized carbons (Fsp3) is 0.613. The zero-order valence-corrected chi connectivity index (χ0v) is 22.1. The van der Waals surface area contributed by atoms with Crippen LogP contribution in [0.3, 0.4) is 0 Å². The zero-order valence-electron chi connectivity index (χ0n) is 22.1. The highest BCUT2D eigenvalue weighted by Gasteiger charge is 2.40. The molecule has 0 radical (unpaired) electrons. The molecule has 1 fully saturated rings. The molecule has 1 N–H and O–H groups in total. The monoisotopic (exact) mass is 463 g/mol. The van der Waals surface area contributed by atoms with Crippen LogP contribution < -0.4 is 5.32 Å². The third kappa shape index (κ3) is 8.52. The minimum atomic E-state index is 0.00621. The van der Waals surface area contributed by atoms with Gasteiger partial charge < -0.3 is 5.32 Å². The highest BCUT2D eigenvalue weighted by Crippen LogP contribution is 2.28. The van der Waals surface area contributed by atoms with Crippen LogP contribution >= 0.6 is 0 Å². The molecule has 1 saturated heterocycles. The molecule has 0 amide bonds. The molecule has 0 aliphatic carbocycles. The van der Waals surface area contributed by atoms with Gasteiger partial charge in [0, 0.05) is 25.2 Å². The van der Waals surface area contributed by atoms with E-state index in [9.17, 15) is 0 Å². The molecule has 0 aromatic heterocycles. The molecule has 188 valence electrons. The molecule has 0 saturated carbocycles. The Morgan fingerprint density at radius 2 is 1.32 bits per heavy atom. The first-order chi connectivity index (χ1) is 16.6. The summed E-state index contributed by atoms with van der Waals surface area (Å²) in [6, 6.07) is 21.9. The summed E-state index contributed by atoms with van der Waals surface area (Å²) in [5, 5.41) is 3.92. The standard InChI is InChI=1S/C31H49N3/c1-4-5-6-7-8-9-10-17-24-33-25-18-23-32-30(33)31(2,3)34(26-28-19-13-11-14-20-28)27-29-21-15-12-16-22-29/h11-16,19-22,30,32H,4-10,17-18,23-27H2,1-3H3. The Kier molecular flexibility index (Phi) is 11.6. The molecule has 1 unspecified atom stereocenters. The summed E-state index contributed by atoms with van der Waals surface area (Å²) in [6.45, 7) is 12.7. The minimum absolute atomic E-state index is 0.00621. The van der Waals surface area contributed by atoms with Gasteiger partial charge in [-0.25, -0.2) is 0 Å². The number of rotatable bonds is 15. The van der Waals surface area contributed by atoms with Crippen LogP contribution in [0.5, 0.6) is 0 Å². The molecule has 3 rings (SSSR count). The van der Waals surface area contributed by atoms with Crippen LogP contribution in [0.4, 0.5) is 0 Å². The molecular weight excluding hydrogens is 414 g/mol. The van der Waals surface area contributed by atoms with E-state index in [1.54, 1.807) is 0 Å². The van der Waals surface area contributed by atoms with Crippen molar-refractivity contribution in [2.24, 2.45) is 0 Å². The summed E-state index contributed by atoms with van der Waals surface area (Å²) in [5.41, 5.74) is 2.78. The van der Waals surface area contributed by atoms with Crippen molar-refractivity contribution in [2.75, 3.05) is 19.6 Å². The Morgan fingerprint density at radius 1 is 0.794 bits per heavy atom. The van der Waals surface area contributed by atoms with E-state index in [0.717, 1.165) is 19.6 Å². The lowest BCUT2D eigenvalue weighted by molar-refractivity contribution is -0.0230. The van der Waals surface area contributed by atoms with E-state index >= 15 is 0 Å². The van der Waals surface area contributed by atoms with Gasteiger partial charge in [0.25, 0.3) is 0 Å². The van der Waals surface area contributed by atoms with Gasteiger partial charge in [0.15, 0.2) is 0 Å². The lowest BCUT2D eigenvalue weighted by atomic mass is 9.93. The van der Waals surface area contributed by atoms with Crippen molar-refractivity contribution in [1.29, 1.82) is 0 Å². The summed E-state index contributed by atoms with van der Waals surface area (Å²) in [5.74, 6) is 0. The van der Waals surface area contributed by atoms with Gasteiger partial charge in [-0.05, 0) is 50.9 Å². The first-order valence-electron chi connectivity index (χ1n) is 13.9. The van der Waals surface area contributed by atoms with E-state index in [0.29, 0.717) is 6.17 Å². The molecule has 1 aliphatic rings. The summed E-state index contributed by atoms with van der Waals surface area (Å²) in [6.07, 6.45) is 12.7. The Labute approximate surface area is 209 Å². The lowest BCUT2D eigenvalue weighted by Crippen LogP contribution is -2.66. The molecule has 2 aromatic rings. The summed E-state index contributed by atoms with van der Waals surface area (Å²) in [7, 11) is 0. The first kappa shape index (κ1) is 26.9. The van der Waals surface area contributed by atoms with Crippen molar-refractivity contribution in [3.63, 3.8) is 0 Å².